The predicted molar refractivity (Wildman–Crippen MR) is 79.9 cm³/mol. The van der Waals surface area contributed by atoms with Gasteiger partial charge >= 0.3 is 0 Å². The van der Waals surface area contributed by atoms with E-state index in [9.17, 15) is 4.79 Å². The van der Waals surface area contributed by atoms with E-state index in [2.05, 4.69) is 10.6 Å². The van der Waals surface area contributed by atoms with Gasteiger partial charge in [0.1, 0.15) is 6.61 Å². The molecule has 0 saturated carbocycles. The van der Waals surface area contributed by atoms with Gasteiger partial charge in [0.25, 0.3) is 0 Å². The zero-order valence-electron chi connectivity index (χ0n) is 11.7. The number of carbonyl (C=O) groups excluding carboxylic acids is 1. The quantitative estimate of drug-likeness (QED) is 0.876. The Bertz CT molecular complexity index is 430. The molecule has 1 amide bonds. The van der Waals surface area contributed by atoms with Crippen LogP contribution >= 0.6 is 11.6 Å². The Balaban J connectivity index is 1.74. The molecule has 0 spiro atoms. The van der Waals surface area contributed by atoms with Crippen molar-refractivity contribution in [2.75, 3.05) is 19.7 Å². The number of halogens is 1. The van der Waals surface area contributed by atoms with Gasteiger partial charge in [-0.05, 0) is 50.6 Å². The molecule has 1 aromatic carbocycles. The molecule has 4 nitrogen and oxygen atoms in total. The number of nitrogens with one attached hydrogen (secondary N) is 2. The molecule has 1 heterocycles. The van der Waals surface area contributed by atoms with Crippen molar-refractivity contribution in [2.45, 2.75) is 31.9 Å². The van der Waals surface area contributed by atoms with Crippen molar-refractivity contribution >= 4 is 17.5 Å². The van der Waals surface area contributed by atoms with Crippen LogP contribution in [0.2, 0.25) is 5.02 Å². The number of hydrogen-bond donors (Lipinski definition) is 2. The summed E-state index contributed by atoms with van der Waals surface area (Å²) in [5.41, 5.74) is 1.03. The number of rotatable bonds is 5. The van der Waals surface area contributed by atoms with E-state index in [1.54, 1.807) is 0 Å². The number of hydrogen-bond acceptors (Lipinski definition) is 3. The lowest BCUT2D eigenvalue weighted by atomic mass is 10.1. The van der Waals surface area contributed by atoms with E-state index in [4.69, 9.17) is 16.3 Å². The van der Waals surface area contributed by atoms with Crippen LogP contribution in [-0.4, -0.2) is 31.7 Å². The maximum absolute atomic E-state index is 11.9. The highest BCUT2D eigenvalue weighted by Gasteiger charge is 2.16. The molecule has 1 aromatic rings. The lowest BCUT2D eigenvalue weighted by molar-refractivity contribution is -0.128. The van der Waals surface area contributed by atoms with Gasteiger partial charge in [0, 0.05) is 5.02 Å². The van der Waals surface area contributed by atoms with Crippen molar-refractivity contribution in [3.05, 3.63) is 34.9 Å². The minimum absolute atomic E-state index is 0.0450. The standard InChI is InChI=1S/C15H21ClN2O2/c1-11(12-2-4-13(16)5-3-12)18-15(19)10-20-14-6-8-17-9-7-14/h2-5,11,14,17H,6-10H2,1H3,(H,18,19)/t11-/m1/s1. The summed E-state index contributed by atoms with van der Waals surface area (Å²) in [5.74, 6) is -0.0778. The van der Waals surface area contributed by atoms with Crippen LogP contribution < -0.4 is 10.6 Å². The average Bonchev–Trinajstić information content (AvgIpc) is 2.47. The van der Waals surface area contributed by atoms with Crippen LogP contribution in [0.4, 0.5) is 0 Å². The van der Waals surface area contributed by atoms with Gasteiger partial charge in [-0.2, -0.15) is 0 Å². The zero-order chi connectivity index (χ0) is 14.4. The van der Waals surface area contributed by atoms with Gasteiger partial charge in [0.2, 0.25) is 5.91 Å². The number of amides is 1. The van der Waals surface area contributed by atoms with Crippen molar-refractivity contribution in [1.82, 2.24) is 10.6 Å². The summed E-state index contributed by atoms with van der Waals surface area (Å²) in [6, 6.07) is 7.44. The fraction of sp³-hybridized carbons (Fsp3) is 0.533. The van der Waals surface area contributed by atoms with E-state index >= 15 is 0 Å². The first-order valence-electron chi connectivity index (χ1n) is 7.02. The minimum Gasteiger partial charge on any atom is -0.368 e. The molecule has 110 valence electrons. The molecule has 20 heavy (non-hydrogen) atoms. The largest absolute Gasteiger partial charge is 0.368 e. The van der Waals surface area contributed by atoms with E-state index in [0.717, 1.165) is 31.5 Å². The molecule has 1 aliphatic rings. The number of carbonyl (C=O) groups is 1. The van der Waals surface area contributed by atoms with Crippen LogP contribution in [0.15, 0.2) is 24.3 Å². The van der Waals surface area contributed by atoms with E-state index in [-0.39, 0.29) is 24.7 Å². The van der Waals surface area contributed by atoms with Crippen LogP contribution in [0.25, 0.3) is 0 Å². The third kappa shape index (κ3) is 4.78. The third-order valence-corrected chi connectivity index (χ3v) is 3.74. The molecule has 0 unspecified atom stereocenters. The van der Waals surface area contributed by atoms with Crippen molar-refractivity contribution in [3.8, 4) is 0 Å². The fourth-order valence-corrected chi connectivity index (χ4v) is 2.40. The number of piperidine rings is 1. The second-order valence-electron chi connectivity index (χ2n) is 5.10. The SMILES string of the molecule is C[C@@H](NC(=O)COC1CCNCC1)c1ccc(Cl)cc1. The zero-order valence-corrected chi connectivity index (χ0v) is 12.5. The Labute approximate surface area is 124 Å². The Morgan fingerprint density at radius 3 is 2.70 bits per heavy atom. The Morgan fingerprint density at radius 1 is 1.40 bits per heavy atom. The molecule has 0 aliphatic carbocycles. The lowest BCUT2D eigenvalue weighted by Gasteiger charge is -2.23. The van der Waals surface area contributed by atoms with Crippen LogP contribution in [0, 0.1) is 0 Å². The molecule has 2 N–H and O–H groups in total. The molecule has 0 aromatic heterocycles. The van der Waals surface area contributed by atoms with Gasteiger partial charge < -0.3 is 15.4 Å². The van der Waals surface area contributed by atoms with E-state index < -0.39 is 0 Å². The van der Waals surface area contributed by atoms with Gasteiger partial charge in [-0.3, -0.25) is 4.79 Å². The molecule has 1 saturated heterocycles. The maximum atomic E-state index is 11.9. The summed E-state index contributed by atoms with van der Waals surface area (Å²) in [7, 11) is 0. The average molecular weight is 297 g/mol. The summed E-state index contributed by atoms with van der Waals surface area (Å²) in [4.78, 5) is 11.9. The molecule has 0 bridgehead atoms. The molecular formula is C15H21ClN2O2. The molecule has 0 radical (unpaired) electrons. The topological polar surface area (TPSA) is 50.4 Å². The Morgan fingerprint density at radius 2 is 2.05 bits per heavy atom. The maximum Gasteiger partial charge on any atom is 0.246 e. The molecule has 1 atom stereocenters. The first-order valence-corrected chi connectivity index (χ1v) is 7.40. The Kier molecular flexibility index (Phi) is 5.83. The van der Waals surface area contributed by atoms with E-state index in [1.807, 2.05) is 31.2 Å². The second-order valence-corrected chi connectivity index (χ2v) is 5.54. The van der Waals surface area contributed by atoms with Gasteiger partial charge in [-0.15, -0.1) is 0 Å². The van der Waals surface area contributed by atoms with E-state index in [0.29, 0.717) is 5.02 Å². The predicted octanol–water partition coefficient (Wildman–Crippen LogP) is 2.29. The first-order chi connectivity index (χ1) is 9.65. The van der Waals surface area contributed by atoms with Crippen LogP contribution in [0.1, 0.15) is 31.4 Å². The highest BCUT2D eigenvalue weighted by atomic mass is 35.5. The van der Waals surface area contributed by atoms with Crippen LogP contribution in [0.5, 0.6) is 0 Å². The number of benzene rings is 1. The smallest absolute Gasteiger partial charge is 0.246 e. The van der Waals surface area contributed by atoms with Gasteiger partial charge in [0.05, 0.1) is 12.1 Å². The minimum atomic E-state index is -0.0778. The van der Waals surface area contributed by atoms with Crippen molar-refractivity contribution < 1.29 is 9.53 Å². The summed E-state index contributed by atoms with van der Waals surface area (Å²) < 4.78 is 5.63. The molecule has 2 rings (SSSR count). The monoisotopic (exact) mass is 296 g/mol. The second kappa shape index (κ2) is 7.62. The Hall–Kier alpha value is -1.10. The summed E-state index contributed by atoms with van der Waals surface area (Å²) >= 11 is 5.85. The summed E-state index contributed by atoms with van der Waals surface area (Å²) in [6.45, 7) is 4.01. The molecule has 1 fully saturated rings. The highest BCUT2D eigenvalue weighted by molar-refractivity contribution is 6.30. The van der Waals surface area contributed by atoms with Crippen molar-refractivity contribution in [1.29, 1.82) is 0 Å². The van der Waals surface area contributed by atoms with Gasteiger partial charge in [-0.1, -0.05) is 23.7 Å². The highest BCUT2D eigenvalue weighted by Crippen LogP contribution is 2.16. The fourth-order valence-electron chi connectivity index (χ4n) is 2.27. The first kappa shape index (κ1) is 15.3. The molecule has 1 aliphatic heterocycles. The van der Waals surface area contributed by atoms with Gasteiger partial charge in [0.15, 0.2) is 0 Å². The van der Waals surface area contributed by atoms with Crippen LogP contribution in [-0.2, 0) is 9.53 Å². The normalized spacial score (nSPS) is 17.7. The number of ether oxygens (including phenoxy) is 1. The molecular weight excluding hydrogens is 276 g/mol. The van der Waals surface area contributed by atoms with E-state index in [1.165, 1.54) is 0 Å². The lowest BCUT2D eigenvalue weighted by Crippen LogP contribution is -2.36. The summed E-state index contributed by atoms with van der Waals surface area (Å²) in [6.07, 6.45) is 2.15. The molecule has 5 heteroatoms. The van der Waals surface area contributed by atoms with Crippen molar-refractivity contribution in [3.63, 3.8) is 0 Å². The third-order valence-electron chi connectivity index (χ3n) is 3.48. The van der Waals surface area contributed by atoms with Crippen LogP contribution in [0.3, 0.4) is 0 Å². The summed E-state index contributed by atoms with van der Waals surface area (Å²) in [5, 5.41) is 6.90. The van der Waals surface area contributed by atoms with Gasteiger partial charge in [-0.25, -0.2) is 0 Å². The van der Waals surface area contributed by atoms with Crippen molar-refractivity contribution in [2.24, 2.45) is 0 Å².